The zero-order valence-corrected chi connectivity index (χ0v) is 10.3. The fraction of sp³-hybridized carbons (Fsp3) is 0. The fourth-order valence-electron chi connectivity index (χ4n) is 1.31. The van der Waals surface area contributed by atoms with E-state index in [9.17, 15) is 8.42 Å². The van der Waals surface area contributed by atoms with Crippen molar-refractivity contribution in [3.05, 3.63) is 60.7 Å². The van der Waals surface area contributed by atoms with Gasteiger partial charge in [0, 0.05) is 17.8 Å². The minimum absolute atomic E-state index is 0.0406. The number of halogens is 1. The average Bonchev–Trinajstić information content (AvgIpc) is 2.40. The van der Waals surface area contributed by atoms with Gasteiger partial charge in [-0.3, -0.25) is 0 Å². The number of hydrogen-bond acceptors (Lipinski definition) is 2. The number of nitrogens with zero attached hydrogens (tertiary/aromatic N) is 1. The zero-order valence-electron chi connectivity index (χ0n) is 8.75. The third-order valence-corrected chi connectivity index (χ3v) is 4.31. The Labute approximate surface area is 105 Å². The molecule has 0 aliphatic heterocycles. The van der Waals surface area contributed by atoms with E-state index >= 15 is 0 Å². The van der Waals surface area contributed by atoms with Gasteiger partial charge in [-0.05, 0) is 18.2 Å². The first-order chi connectivity index (χ1) is 8.12. The van der Waals surface area contributed by atoms with Crippen molar-refractivity contribution in [1.82, 2.24) is 0 Å². The van der Waals surface area contributed by atoms with Crippen LogP contribution in [-0.2, 0) is 10.0 Å². The summed E-state index contributed by atoms with van der Waals surface area (Å²) < 4.78 is 24.9. The standard InChI is InChI=1S/C12H9ClNO2S/c13-14(11-7-3-1-4-8-11)17(15,16)12-9-5-2-6-10-12/h1-9H. The van der Waals surface area contributed by atoms with Crippen molar-refractivity contribution in [3.63, 3.8) is 0 Å². The van der Waals surface area contributed by atoms with Crippen LogP contribution in [0.15, 0.2) is 59.5 Å². The van der Waals surface area contributed by atoms with Crippen molar-refractivity contribution in [2.24, 2.45) is 0 Å². The Balaban J connectivity index is 2.41. The predicted molar refractivity (Wildman–Crippen MR) is 67.2 cm³/mol. The number of benzene rings is 2. The number of rotatable bonds is 3. The molecule has 0 atom stereocenters. The van der Waals surface area contributed by atoms with Crippen molar-refractivity contribution in [2.75, 3.05) is 3.82 Å². The molecular formula is C12H9ClNO2S. The van der Waals surface area contributed by atoms with E-state index in [2.05, 4.69) is 6.07 Å². The molecule has 17 heavy (non-hydrogen) atoms. The minimum atomic E-state index is -3.75. The van der Waals surface area contributed by atoms with E-state index < -0.39 is 10.0 Å². The van der Waals surface area contributed by atoms with Gasteiger partial charge in [-0.15, -0.1) is 0 Å². The molecular weight excluding hydrogens is 258 g/mol. The monoisotopic (exact) mass is 266 g/mol. The van der Waals surface area contributed by atoms with Crippen LogP contribution in [0.1, 0.15) is 0 Å². The molecule has 0 unspecified atom stereocenters. The maximum Gasteiger partial charge on any atom is 0.278 e. The summed E-state index contributed by atoms with van der Waals surface area (Å²) in [4.78, 5) is 0.0406. The second-order valence-electron chi connectivity index (χ2n) is 3.28. The van der Waals surface area contributed by atoms with E-state index in [-0.39, 0.29) is 4.90 Å². The Kier molecular flexibility index (Phi) is 3.36. The Bertz CT molecular complexity index is 584. The summed E-state index contributed by atoms with van der Waals surface area (Å²) in [6.07, 6.45) is 0. The number of sulfonamides is 1. The molecule has 2 aromatic carbocycles. The fourth-order valence-corrected chi connectivity index (χ4v) is 2.68. The average molecular weight is 267 g/mol. The third kappa shape index (κ3) is 2.43. The second-order valence-corrected chi connectivity index (χ2v) is 5.58. The smallest absolute Gasteiger partial charge is 0.200 e. The van der Waals surface area contributed by atoms with Crippen LogP contribution >= 0.6 is 11.8 Å². The summed E-state index contributed by atoms with van der Waals surface area (Å²) in [7, 11) is -3.75. The first-order valence-corrected chi connectivity index (χ1v) is 6.63. The lowest BCUT2D eigenvalue weighted by molar-refractivity contribution is 0.598. The molecule has 87 valence electrons. The highest BCUT2D eigenvalue weighted by molar-refractivity contribution is 7.94. The summed E-state index contributed by atoms with van der Waals surface area (Å²) in [5, 5.41) is 0. The van der Waals surface area contributed by atoms with Crippen molar-refractivity contribution >= 4 is 27.5 Å². The molecule has 3 nitrogen and oxygen atoms in total. The van der Waals surface area contributed by atoms with E-state index in [0.29, 0.717) is 5.69 Å². The molecule has 0 aromatic heterocycles. The maximum absolute atomic E-state index is 12.1. The third-order valence-electron chi connectivity index (χ3n) is 2.13. The lowest BCUT2D eigenvalue weighted by Crippen LogP contribution is -2.21. The van der Waals surface area contributed by atoms with Gasteiger partial charge in [-0.2, -0.15) is 12.2 Å². The molecule has 0 aliphatic carbocycles. The van der Waals surface area contributed by atoms with Crippen molar-refractivity contribution in [1.29, 1.82) is 0 Å². The lowest BCUT2D eigenvalue weighted by atomic mass is 10.3. The lowest BCUT2D eigenvalue weighted by Gasteiger charge is -2.15. The zero-order chi connectivity index (χ0) is 12.3. The normalized spacial score (nSPS) is 11.1. The van der Waals surface area contributed by atoms with Gasteiger partial charge in [0.05, 0.1) is 10.6 Å². The summed E-state index contributed by atoms with van der Waals surface area (Å²) in [5.74, 6) is 0. The van der Waals surface area contributed by atoms with Crippen LogP contribution in [0.25, 0.3) is 0 Å². The first-order valence-electron chi connectivity index (χ1n) is 4.85. The number of para-hydroxylation sites is 1. The topological polar surface area (TPSA) is 37.4 Å². The summed E-state index contributed by atoms with van der Waals surface area (Å²) in [6.45, 7) is 0. The second kappa shape index (κ2) is 4.77. The van der Waals surface area contributed by atoms with Gasteiger partial charge in [-0.1, -0.05) is 36.4 Å². The predicted octanol–water partition coefficient (Wildman–Crippen LogP) is 2.84. The van der Waals surface area contributed by atoms with Gasteiger partial charge < -0.3 is 0 Å². The SMILES string of the molecule is O=S(=O)(c1[c]cccc1)N(Cl)c1ccccc1. The molecule has 2 rings (SSSR count). The molecule has 0 fully saturated rings. The van der Waals surface area contributed by atoms with Crippen LogP contribution in [0.4, 0.5) is 5.69 Å². The first kappa shape index (κ1) is 12.0. The van der Waals surface area contributed by atoms with Crippen LogP contribution in [0.5, 0.6) is 0 Å². The van der Waals surface area contributed by atoms with Gasteiger partial charge in [0.1, 0.15) is 0 Å². The summed E-state index contributed by atoms with van der Waals surface area (Å²) in [6, 6.07) is 17.4. The van der Waals surface area contributed by atoms with Gasteiger partial charge in [-0.25, -0.2) is 0 Å². The van der Waals surface area contributed by atoms with E-state index in [1.165, 1.54) is 12.1 Å². The highest BCUT2D eigenvalue weighted by atomic mass is 35.5. The van der Waals surface area contributed by atoms with Crippen molar-refractivity contribution in [3.8, 4) is 0 Å². The Morgan fingerprint density at radius 3 is 2.24 bits per heavy atom. The molecule has 0 N–H and O–H groups in total. The van der Waals surface area contributed by atoms with Gasteiger partial charge in [0.2, 0.25) is 0 Å². The number of anilines is 1. The molecule has 0 bridgehead atoms. The van der Waals surface area contributed by atoms with Crippen molar-refractivity contribution in [2.45, 2.75) is 4.90 Å². The molecule has 5 heteroatoms. The quantitative estimate of drug-likeness (QED) is 0.801. The van der Waals surface area contributed by atoms with E-state index in [1.807, 2.05) is 0 Å². The molecule has 0 saturated heterocycles. The molecule has 0 saturated carbocycles. The Morgan fingerprint density at radius 2 is 1.65 bits per heavy atom. The van der Waals surface area contributed by atoms with Gasteiger partial charge in [0.15, 0.2) is 0 Å². The van der Waals surface area contributed by atoms with Crippen LogP contribution in [0, 0.1) is 6.07 Å². The summed E-state index contributed by atoms with van der Waals surface area (Å²) >= 11 is 5.86. The Morgan fingerprint density at radius 1 is 1.00 bits per heavy atom. The van der Waals surface area contributed by atoms with Crippen molar-refractivity contribution < 1.29 is 8.42 Å². The van der Waals surface area contributed by atoms with Crippen LogP contribution in [-0.4, -0.2) is 8.42 Å². The maximum atomic E-state index is 12.1. The van der Waals surface area contributed by atoms with Gasteiger partial charge in [0.25, 0.3) is 10.0 Å². The van der Waals surface area contributed by atoms with Crippen LogP contribution in [0.2, 0.25) is 0 Å². The van der Waals surface area contributed by atoms with E-state index in [4.69, 9.17) is 11.8 Å². The molecule has 0 heterocycles. The molecule has 0 spiro atoms. The molecule has 0 aliphatic rings. The summed E-state index contributed by atoms with van der Waals surface area (Å²) in [5.41, 5.74) is 0.395. The van der Waals surface area contributed by atoms with Crippen LogP contribution in [0.3, 0.4) is 0 Å². The number of hydrogen-bond donors (Lipinski definition) is 0. The largest absolute Gasteiger partial charge is 0.278 e. The molecule has 0 amide bonds. The highest BCUT2D eigenvalue weighted by Crippen LogP contribution is 2.24. The van der Waals surface area contributed by atoms with Gasteiger partial charge >= 0.3 is 0 Å². The minimum Gasteiger partial charge on any atom is -0.200 e. The molecule has 2 aromatic rings. The van der Waals surface area contributed by atoms with Crippen LogP contribution < -0.4 is 3.82 Å². The molecule has 1 radical (unpaired) electrons. The van der Waals surface area contributed by atoms with E-state index in [0.717, 1.165) is 3.82 Å². The highest BCUT2D eigenvalue weighted by Gasteiger charge is 2.22. The van der Waals surface area contributed by atoms with E-state index in [1.54, 1.807) is 42.5 Å². The Hall–Kier alpha value is -1.52.